The van der Waals surface area contributed by atoms with Crippen molar-refractivity contribution in [3.8, 4) is 0 Å². The molecule has 2 amide bonds. The lowest BCUT2D eigenvalue weighted by Gasteiger charge is -2.34. The summed E-state index contributed by atoms with van der Waals surface area (Å²) in [5.74, 6) is -0.432. The number of hydrazine groups is 1. The zero-order chi connectivity index (χ0) is 14.8. The first-order valence-corrected chi connectivity index (χ1v) is 6.62. The molecule has 0 aromatic carbocycles. The first-order chi connectivity index (χ1) is 8.67. The SMILES string of the molecule is CC1=NN(C(=O)C(C)C)C(C)(NNC(=O)C(C)C)C1. The van der Waals surface area contributed by atoms with E-state index in [0.29, 0.717) is 6.42 Å². The Morgan fingerprint density at radius 1 is 1.26 bits per heavy atom. The summed E-state index contributed by atoms with van der Waals surface area (Å²) >= 11 is 0. The van der Waals surface area contributed by atoms with Crippen molar-refractivity contribution in [2.45, 2.75) is 53.6 Å². The summed E-state index contributed by atoms with van der Waals surface area (Å²) in [6.45, 7) is 11.0. The monoisotopic (exact) mass is 268 g/mol. The van der Waals surface area contributed by atoms with Crippen molar-refractivity contribution in [1.82, 2.24) is 15.9 Å². The fourth-order valence-corrected chi connectivity index (χ4v) is 1.86. The van der Waals surface area contributed by atoms with Gasteiger partial charge in [-0.1, -0.05) is 27.7 Å². The van der Waals surface area contributed by atoms with Crippen LogP contribution in [0.4, 0.5) is 0 Å². The number of nitrogens with one attached hydrogen (secondary N) is 2. The maximum Gasteiger partial charge on any atom is 0.247 e. The van der Waals surface area contributed by atoms with E-state index in [2.05, 4.69) is 16.0 Å². The van der Waals surface area contributed by atoms with Crippen LogP contribution < -0.4 is 10.9 Å². The predicted molar refractivity (Wildman–Crippen MR) is 73.9 cm³/mol. The van der Waals surface area contributed by atoms with Crippen LogP contribution >= 0.6 is 0 Å². The van der Waals surface area contributed by atoms with Crippen LogP contribution in [-0.4, -0.2) is 28.2 Å². The summed E-state index contributed by atoms with van der Waals surface area (Å²) in [5.41, 5.74) is 5.76. The molecule has 0 fully saturated rings. The molecule has 0 spiro atoms. The summed E-state index contributed by atoms with van der Waals surface area (Å²) in [7, 11) is 0. The van der Waals surface area contributed by atoms with Crippen molar-refractivity contribution in [2.24, 2.45) is 16.9 Å². The normalized spacial score (nSPS) is 22.9. The highest BCUT2D eigenvalue weighted by atomic mass is 16.2. The zero-order valence-electron chi connectivity index (χ0n) is 12.6. The Bertz CT molecular complexity index is 403. The van der Waals surface area contributed by atoms with Gasteiger partial charge in [0.1, 0.15) is 5.66 Å². The molecule has 0 radical (unpaired) electrons. The molecule has 2 N–H and O–H groups in total. The predicted octanol–water partition coefficient (Wildman–Crippen LogP) is 1.24. The fourth-order valence-electron chi connectivity index (χ4n) is 1.86. The van der Waals surface area contributed by atoms with E-state index in [1.807, 2.05) is 41.5 Å². The van der Waals surface area contributed by atoms with Crippen LogP contribution in [-0.2, 0) is 9.59 Å². The second-order valence-electron chi connectivity index (χ2n) is 5.86. The Labute approximate surface area is 114 Å². The lowest BCUT2D eigenvalue weighted by molar-refractivity contribution is -0.142. The van der Waals surface area contributed by atoms with Crippen LogP contribution in [0.1, 0.15) is 48.0 Å². The van der Waals surface area contributed by atoms with Gasteiger partial charge in [-0.05, 0) is 13.8 Å². The van der Waals surface area contributed by atoms with Gasteiger partial charge in [-0.15, -0.1) is 0 Å². The molecule has 0 bridgehead atoms. The van der Waals surface area contributed by atoms with Crippen LogP contribution in [0.5, 0.6) is 0 Å². The van der Waals surface area contributed by atoms with E-state index in [9.17, 15) is 9.59 Å². The van der Waals surface area contributed by atoms with Crippen LogP contribution in [0.2, 0.25) is 0 Å². The van der Waals surface area contributed by atoms with Crippen molar-refractivity contribution in [1.29, 1.82) is 0 Å². The molecule has 0 saturated carbocycles. The minimum Gasteiger partial charge on any atom is -0.289 e. The molecule has 1 rings (SSSR count). The minimum absolute atomic E-state index is 0.0642. The van der Waals surface area contributed by atoms with Crippen molar-refractivity contribution >= 4 is 17.5 Å². The van der Waals surface area contributed by atoms with Crippen LogP contribution in [0.3, 0.4) is 0 Å². The topological polar surface area (TPSA) is 73.8 Å². The van der Waals surface area contributed by atoms with Gasteiger partial charge in [0.05, 0.1) is 0 Å². The highest BCUT2D eigenvalue weighted by molar-refractivity contribution is 5.89. The van der Waals surface area contributed by atoms with Gasteiger partial charge in [-0.25, -0.2) is 10.4 Å². The van der Waals surface area contributed by atoms with Gasteiger partial charge in [0.15, 0.2) is 0 Å². The van der Waals surface area contributed by atoms with Crippen LogP contribution in [0.15, 0.2) is 5.10 Å². The highest BCUT2D eigenvalue weighted by Gasteiger charge is 2.41. The summed E-state index contributed by atoms with van der Waals surface area (Å²) in [4.78, 5) is 23.8. The third-order valence-corrected chi connectivity index (χ3v) is 3.02. The molecule has 1 heterocycles. The zero-order valence-corrected chi connectivity index (χ0v) is 12.6. The van der Waals surface area contributed by atoms with Crippen molar-refractivity contribution in [3.05, 3.63) is 0 Å². The first kappa shape index (κ1) is 15.6. The number of amides is 2. The van der Waals surface area contributed by atoms with E-state index in [4.69, 9.17) is 0 Å². The van der Waals surface area contributed by atoms with Crippen LogP contribution in [0, 0.1) is 11.8 Å². The standard InChI is InChI=1S/C13H24N4O2/c1-8(2)11(18)14-16-13(6)7-10(5)15-17(13)12(19)9(3)4/h8-9,16H,7H2,1-6H3,(H,14,18). The smallest absolute Gasteiger partial charge is 0.247 e. The van der Waals surface area contributed by atoms with Gasteiger partial charge in [-0.2, -0.15) is 5.10 Å². The molecule has 0 aliphatic carbocycles. The van der Waals surface area contributed by atoms with Gasteiger partial charge < -0.3 is 0 Å². The number of nitrogens with zero attached hydrogens (tertiary/aromatic N) is 2. The van der Waals surface area contributed by atoms with E-state index in [-0.39, 0.29) is 23.7 Å². The molecule has 1 unspecified atom stereocenters. The lowest BCUT2D eigenvalue weighted by Crippen LogP contribution is -2.61. The molecular weight excluding hydrogens is 244 g/mol. The van der Waals surface area contributed by atoms with Gasteiger partial charge in [0.2, 0.25) is 11.8 Å². The molecule has 1 aliphatic rings. The largest absolute Gasteiger partial charge is 0.289 e. The van der Waals surface area contributed by atoms with Crippen molar-refractivity contribution < 1.29 is 9.59 Å². The number of carbonyl (C=O) groups is 2. The Kier molecular flexibility index (Phi) is 4.68. The summed E-state index contributed by atoms with van der Waals surface area (Å²) < 4.78 is 0. The van der Waals surface area contributed by atoms with Crippen LogP contribution in [0.25, 0.3) is 0 Å². The third kappa shape index (κ3) is 3.53. The van der Waals surface area contributed by atoms with E-state index in [1.165, 1.54) is 5.01 Å². The fraction of sp³-hybridized carbons (Fsp3) is 0.769. The van der Waals surface area contributed by atoms with Gasteiger partial charge in [0, 0.05) is 24.0 Å². The van der Waals surface area contributed by atoms with Gasteiger partial charge in [0.25, 0.3) is 0 Å². The average molecular weight is 268 g/mol. The summed E-state index contributed by atoms with van der Waals surface area (Å²) in [6, 6.07) is 0. The summed E-state index contributed by atoms with van der Waals surface area (Å²) in [6.07, 6.45) is 0.587. The number of hydrazone groups is 1. The number of hydrogen-bond acceptors (Lipinski definition) is 4. The molecule has 108 valence electrons. The Morgan fingerprint density at radius 3 is 2.32 bits per heavy atom. The number of hydrogen-bond donors (Lipinski definition) is 2. The molecule has 1 atom stereocenters. The van der Waals surface area contributed by atoms with E-state index in [0.717, 1.165) is 5.71 Å². The second kappa shape index (κ2) is 5.69. The Morgan fingerprint density at radius 2 is 1.84 bits per heavy atom. The van der Waals surface area contributed by atoms with E-state index >= 15 is 0 Å². The van der Waals surface area contributed by atoms with E-state index in [1.54, 1.807) is 0 Å². The quantitative estimate of drug-likeness (QED) is 0.753. The van der Waals surface area contributed by atoms with Gasteiger partial charge in [-0.3, -0.25) is 15.0 Å². The van der Waals surface area contributed by atoms with Crippen molar-refractivity contribution in [2.75, 3.05) is 0 Å². The number of rotatable bonds is 4. The average Bonchev–Trinajstić information content (AvgIpc) is 2.60. The summed E-state index contributed by atoms with van der Waals surface area (Å²) in [5, 5.41) is 5.71. The molecule has 1 aliphatic heterocycles. The molecule has 19 heavy (non-hydrogen) atoms. The Balaban J connectivity index is 2.79. The van der Waals surface area contributed by atoms with Crippen molar-refractivity contribution in [3.63, 3.8) is 0 Å². The van der Waals surface area contributed by atoms with Gasteiger partial charge >= 0.3 is 0 Å². The number of carbonyl (C=O) groups excluding carboxylic acids is 2. The molecule has 6 heteroatoms. The maximum atomic E-state index is 12.2. The third-order valence-electron chi connectivity index (χ3n) is 3.02. The molecule has 6 nitrogen and oxygen atoms in total. The second-order valence-corrected chi connectivity index (χ2v) is 5.86. The molecule has 0 aromatic rings. The molecule has 0 saturated heterocycles. The first-order valence-electron chi connectivity index (χ1n) is 6.62. The molecular formula is C13H24N4O2. The Hall–Kier alpha value is -1.43. The molecule has 0 aromatic heterocycles. The minimum atomic E-state index is -0.698. The maximum absolute atomic E-state index is 12.2. The lowest BCUT2D eigenvalue weighted by atomic mass is 10.1. The van der Waals surface area contributed by atoms with E-state index < -0.39 is 5.66 Å². The highest BCUT2D eigenvalue weighted by Crippen LogP contribution is 2.26.